The van der Waals surface area contributed by atoms with Gasteiger partial charge >= 0.3 is 17.9 Å². The number of aromatic amines is 2. The van der Waals surface area contributed by atoms with Crippen molar-refractivity contribution in [1.82, 2.24) is 30.2 Å². The average molecular weight is 719 g/mol. The number of ketones is 1. The van der Waals surface area contributed by atoms with E-state index in [1.54, 1.807) is 23.8 Å². The van der Waals surface area contributed by atoms with Gasteiger partial charge in [-0.15, -0.1) is 0 Å². The summed E-state index contributed by atoms with van der Waals surface area (Å²) in [6.45, 7) is 13.6. The van der Waals surface area contributed by atoms with E-state index in [1.807, 2.05) is 32.5 Å². The Morgan fingerprint density at radius 2 is 1.53 bits per heavy atom. The Balaban J connectivity index is 0. The number of Topliss-reactive ketones (excluding diaryl/α,β-unsaturated/α-hetero) is 1. The molecule has 4 heterocycles. The van der Waals surface area contributed by atoms with Crippen molar-refractivity contribution >= 4 is 35.8 Å². The van der Waals surface area contributed by atoms with Gasteiger partial charge in [0.1, 0.15) is 5.78 Å². The van der Waals surface area contributed by atoms with Crippen LogP contribution in [0.1, 0.15) is 112 Å². The van der Waals surface area contributed by atoms with Crippen LogP contribution in [-0.4, -0.2) is 97.5 Å². The zero-order valence-corrected chi connectivity index (χ0v) is 30.6. The zero-order valence-electron chi connectivity index (χ0n) is 30.6. The second kappa shape index (κ2) is 30.3. The number of amides is 1. The topological polar surface area (TPSA) is 226 Å². The minimum absolute atomic E-state index is 0. The van der Waals surface area contributed by atoms with Crippen molar-refractivity contribution in [3.63, 3.8) is 0 Å². The third-order valence-electron chi connectivity index (χ3n) is 6.57. The second-order valence-electron chi connectivity index (χ2n) is 12.2. The summed E-state index contributed by atoms with van der Waals surface area (Å²) in [6.07, 6.45) is 16.7. The molecule has 1 fully saturated rings. The van der Waals surface area contributed by atoms with Crippen LogP contribution in [0.3, 0.4) is 0 Å². The number of nitrogens with zero attached hydrogens (tertiary/aromatic N) is 4. The number of nitrogens with one attached hydrogen (secondary N) is 3. The molecule has 15 nitrogen and oxygen atoms in total. The minimum atomic E-state index is -0.860. The van der Waals surface area contributed by atoms with E-state index in [4.69, 9.17) is 10.8 Å². The molecule has 0 atom stereocenters. The summed E-state index contributed by atoms with van der Waals surface area (Å²) in [5, 5.41) is 11.9. The van der Waals surface area contributed by atoms with Crippen LogP contribution in [-0.2, 0) is 41.6 Å². The molecule has 288 valence electrons. The lowest BCUT2D eigenvalue weighted by Gasteiger charge is -2.26. The summed E-state index contributed by atoms with van der Waals surface area (Å²) >= 11 is 0. The summed E-state index contributed by atoms with van der Waals surface area (Å²) in [5.74, 6) is -1.46. The molecule has 51 heavy (non-hydrogen) atoms. The summed E-state index contributed by atoms with van der Waals surface area (Å²) in [5.41, 5.74) is 8.85. The van der Waals surface area contributed by atoms with Gasteiger partial charge in [0.15, 0.2) is 0 Å². The Morgan fingerprint density at radius 1 is 0.961 bits per heavy atom. The normalized spacial score (nSPS) is 12.7. The molecule has 6 N–H and O–H groups in total. The molecule has 0 saturated carbocycles. The average Bonchev–Trinajstić information content (AvgIpc) is 3.83. The number of carbonyl (C=O) groups excluding carboxylic acids is 4. The molecular weight excluding hydrogens is 656 g/mol. The standard InChI is InChI=1S/C13H21N3O3.C8H15N3.C6H10N2.C5H6O3.C3H6O.CH4/c1-10(2)16(7-6-11-8-14-9-15-11)12(17)4-3-5-13(18)19;1-7(2)10-4-3-8-5-9-6-11-8;7-3-1-6-2-4-8-5-6;6-4-2-1-3-5(7)8-4;1-3(2)4;/h8-10H,3-7H2,1-2H3,(H,14,15)(H,18,19);5-7,10H,3-4H2,1-2H3,(H,9,11);4-5H,1-3,7H2;1-3H2;1-2H3;1H4. The summed E-state index contributed by atoms with van der Waals surface area (Å²) in [4.78, 5) is 72.0. The smallest absolute Gasteiger partial charge is 0.313 e. The van der Waals surface area contributed by atoms with Crippen LogP contribution >= 0.6 is 0 Å². The number of carboxylic acid groups (broad SMARTS) is 1. The number of hydrogen-bond donors (Lipinski definition) is 5. The highest BCUT2D eigenvalue weighted by Gasteiger charge is 2.17. The first-order valence-corrected chi connectivity index (χ1v) is 17.0. The Hall–Kier alpha value is -4.50. The molecule has 0 radical (unpaired) electrons. The number of carboxylic acids is 1. The third kappa shape index (κ3) is 29.0. The van der Waals surface area contributed by atoms with E-state index in [9.17, 15) is 24.0 Å². The maximum Gasteiger partial charge on any atom is 0.313 e. The molecule has 1 amide bonds. The molecule has 4 rings (SSSR count). The van der Waals surface area contributed by atoms with Gasteiger partial charge in [-0.2, -0.15) is 0 Å². The van der Waals surface area contributed by atoms with Crippen molar-refractivity contribution in [2.75, 3.05) is 19.6 Å². The number of rotatable bonds is 14. The van der Waals surface area contributed by atoms with E-state index in [0.29, 0.717) is 38.3 Å². The number of carbonyl (C=O) groups is 5. The van der Waals surface area contributed by atoms with Crippen LogP contribution in [0.25, 0.3) is 0 Å². The number of hydrogen-bond acceptors (Lipinski definition) is 11. The molecule has 2 aliphatic rings. The number of H-pyrrole nitrogens is 2. The molecule has 0 spiro atoms. The van der Waals surface area contributed by atoms with Crippen molar-refractivity contribution in [2.45, 2.75) is 125 Å². The maximum absolute atomic E-state index is 12.0. The highest BCUT2D eigenvalue weighted by molar-refractivity contribution is 5.87. The number of ether oxygens (including phenoxy) is 1. The Labute approximate surface area is 303 Å². The first-order valence-electron chi connectivity index (χ1n) is 17.0. The van der Waals surface area contributed by atoms with E-state index in [1.165, 1.54) is 25.1 Å². The number of nitrogens with two attached hydrogens (primary N) is 1. The molecule has 1 saturated heterocycles. The number of aliphatic carboxylic acids is 1. The van der Waals surface area contributed by atoms with Crippen molar-refractivity contribution in [3.8, 4) is 0 Å². The van der Waals surface area contributed by atoms with Gasteiger partial charge in [0.25, 0.3) is 0 Å². The molecule has 0 aliphatic carbocycles. The monoisotopic (exact) mass is 718 g/mol. The van der Waals surface area contributed by atoms with Gasteiger partial charge in [-0.1, -0.05) is 21.3 Å². The van der Waals surface area contributed by atoms with Crippen molar-refractivity contribution in [2.24, 2.45) is 10.7 Å². The van der Waals surface area contributed by atoms with Crippen LogP contribution in [0.5, 0.6) is 0 Å². The zero-order chi connectivity index (χ0) is 37.7. The Morgan fingerprint density at radius 3 is 1.92 bits per heavy atom. The first-order chi connectivity index (χ1) is 23.7. The number of imidazole rings is 2. The quantitative estimate of drug-likeness (QED) is 0.134. The van der Waals surface area contributed by atoms with E-state index in [2.05, 4.69) is 48.8 Å². The van der Waals surface area contributed by atoms with E-state index < -0.39 is 5.97 Å². The lowest BCUT2D eigenvalue weighted by atomic mass is 10.2. The second-order valence-corrected chi connectivity index (χ2v) is 12.2. The van der Waals surface area contributed by atoms with Gasteiger partial charge in [0.2, 0.25) is 5.91 Å². The lowest BCUT2D eigenvalue weighted by Crippen LogP contribution is -2.38. The summed E-state index contributed by atoms with van der Waals surface area (Å²) in [7, 11) is 0. The van der Waals surface area contributed by atoms with Crippen LogP contribution < -0.4 is 11.1 Å². The van der Waals surface area contributed by atoms with E-state index in [0.717, 1.165) is 44.5 Å². The lowest BCUT2D eigenvalue weighted by molar-refractivity contribution is -0.163. The molecule has 0 unspecified atom stereocenters. The fraction of sp³-hybridized carbons (Fsp3) is 0.611. The molecule has 0 aromatic carbocycles. The highest BCUT2D eigenvalue weighted by Crippen LogP contribution is 2.09. The van der Waals surface area contributed by atoms with E-state index in [-0.39, 0.29) is 49.9 Å². The molecule has 2 aromatic rings. The van der Waals surface area contributed by atoms with Crippen molar-refractivity contribution < 1.29 is 33.8 Å². The van der Waals surface area contributed by atoms with Gasteiger partial charge in [0, 0.05) is 106 Å². The SMILES string of the molecule is C.CC(C)=O.CC(C)N(CCc1cnc[nH]1)C(=O)CCCC(=O)O.CC(C)NCCc1cnc[nH]1.NCCC1=CN=CC1.O=C1CCCC(=O)O1. The minimum Gasteiger partial charge on any atom is -0.481 e. The third-order valence-corrected chi connectivity index (χ3v) is 6.57. The largest absolute Gasteiger partial charge is 0.481 e. The molecule has 15 heteroatoms. The van der Waals surface area contributed by atoms with Gasteiger partial charge in [-0.25, -0.2) is 9.97 Å². The van der Waals surface area contributed by atoms with E-state index >= 15 is 0 Å². The number of cyclic esters (lactones) is 2. The van der Waals surface area contributed by atoms with Gasteiger partial charge in [-0.05, 0) is 59.1 Å². The Kier molecular flexibility index (Phi) is 28.9. The predicted molar refractivity (Wildman–Crippen MR) is 199 cm³/mol. The Bertz CT molecular complexity index is 1270. The number of esters is 2. The van der Waals surface area contributed by atoms with Gasteiger partial charge in [0.05, 0.1) is 12.7 Å². The van der Waals surface area contributed by atoms with Crippen molar-refractivity contribution in [3.05, 3.63) is 48.2 Å². The number of aliphatic imine (C=N–C) groups is 1. The maximum atomic E-state index is 12.0. The molecule has 2 aromatic heterocycles. The number of aromatic nitrogens is 4. The van der Waals surface area contributed by atoms with Gasteiger partial charge < -0.3 is 40.6 Å². The van der Waals surface area contributed by atoms with Crippen LogP contribution in [0, 0.1) is 0 Å². The van der Waals surface area contributed by atoms with Crippen LogP contribution in [0.4, 0.5) is 0 Å². The molecule has 2 aliphatic heterocycles. The fourth-order valence-corrected chi connectivity index (χ4v) is 4.12. The summed E-state index contributed by atoms with van der Waals surface area (Å²) in [6, 6.07) is 0.679. The van der Waals surface area contributed by atoms with Gasteiger partial charge in [-0.3, -0.25) is 24.2 Å². The first kappa shape index (κ1) is 48.6. The predicted octanol–water partition coefficient (Wildman–Crippen LogP) is 4.56. The highest BCUT2D eigenvalue weighted by atomic mass is 16.6. The van der Waals surface area contributed by atoms with Crippen molar-refractivity contribution in [1.29, 1.82) is 0 Å². The summed E-state index contributed by atoms with van der Waals surface area (Å²) < 4.78 is 4.21. The van der Waals surface area contributed by atoms with Crippen LogP contribution in [0.2, 0.25) is 0 Å². The molecular formula is C36H62N8O7. The van der Waals surface area contributed by atoms with Crippen LogP contribution in [0.15, 0.2) is 41.8 Å². The molecule has 0 bridgehead atoms. The fourth-order valence-electron chi connectivity index (χ4n) is 4.12.